The maximum atomic E-state index is 12.7. The zero-order valence-corrected chi connectivity index (χ0v) is 29.6. The summed E-state index contributed by atoms with van der Waals surface area (Å²) in [6.07, 6.45) is 20.0. The lowest BCUT2D eigenvalue weighted by Gasteiger charge is -2.38. The minimum absolute atomic E-state index is 0.104. The smallest absolute Gasteiger partial charge is 0.311 e. The number of hydrogen-bond acceptors (Lipinski definition) is 3. The van der Waals surface area contributed by atoms with E-state index in [4.69, 9.17) is 9.47 Å². The Morgan fingerprint density at radius 2 is 1.39 bits per heavy atom. The van der Waals surface area contributed by atoms with Crippen LogP contribution in [0.25, 0.3) is 0 Å². The molecule has 236 valence electrons. The Morgan fingerprint density at radius 1 is 0.805 bits per heavy atom. The molecule has 0 aromatic heterocycles. The van der Waals surface area contributed by atoms with Crippen LogP contribution in [0.5, 0.6) is 11.5 Å². The number of rotatable bonds is 20. The fourth-order valence-electron chi connectivity index (χ4n) is 6.47. The molecule has 3 unspecified atom stereocenters. The normalized spacial score (nSPS) is 18.2. The number of alkyl halides is 1. The lowest BCUT2D eigenvalue weighted by Crippen LogP contribution is -2.37. The first-order valence-corrected chi connectivity index (χ1v) is 18.2. The maximum absolute atomic E-state index is 12.7. The Kier molecular flexibility index (Phi) is 16.4. The predicted molar refractivity (Wildman–Crippen MR) is 180 cm³/mol. The summed E-state index contributed by atoms with van der Waals surface area (Å²) in [5.74, 6) is 4.19. The Labute approximate surface area is 262 Å². The quantitative estimate of drug-likeness (QED) is 0.0619. The van der Waals surface area contributed by atoms with Gasteiger partial charge in [0.05, 0.1) is 0 Å². The van der Waals surface area contributed by atoms with Gasteiger partial charge >= 0.3 is 5.97 Å². The van der Waals surface area contributed by atoms with Crippen LogP contribution in [0.1, 0.15) is 160 Å². The number of fused-ring (bicyclic) bond motifs is 1. The van der Waals surface area contributed by atoms with Gasteiger partial charge < -0.3 is 9.47 Å². The molecule has 1 aliphatic heterocycles. The largest absolute Gasteiger partial charge is 0.487 e. The third-order valence-corrected chi connectivity index (χ3v) is 10.1. The van der Waals surface area contributed by atoms with Crippen molar-refractivity contribution in [1.29, 1.82) is 0 Å². The summed E-state index contributed by atoms with van der Waals surface area (Å²) in [6.45, 7) is 18.2. The number of unbranched alkanes of at least 4 members (excludes halogenated alkanes) is 4. The molecule has 0 amide bonds. The van der Waals surface area contributed by atoms with E-state index in [9.17, 15) is 4.79 Å². The van der Waals surface area contributed by atoms with Crippen molar-refractivity contribution >= 4 is 21.9 Å². The van der Waals surface area contributed by atoms with Crippen LogP contribution in [0.2, 0.25) is 0 Å². The van der Waals surface area contributed by atoms with Crippen molar-refractivity contribution in [1.82, 2.24) is 0 Å². The van der Waals surface area contributed by atoms with Gasteiger partial charge in [0, 0.05) is 17.3 Å². The molecule has 0 saturated carbocycles. The molecule has 1 aliphatic rings. The average molecular weight is 636 g/mol. The van der Waals surface area contributed by atoms with E-state index in [-0.39, 0.29) is 11.6 Å². The molecule has 3 nitrogen and oxygen atoms in total. The van der Waals surface area contributed by atoms with Crippen LogP contribution >= 0.6 is 15.9 Å². The van der Waals surface area contributed by atoms with E-state index in [2.05, 4.69) is 71.3 Å². The molecule has 0 bridgehead atoms. The van der Waals surface area contributed by atoms with Gasteiger partial charge in [0.25, 0.3) is 0 Å². The molecule has 4 heteroatoms. The summed E-state index contributed by atoms with van der Waals surface area (Å²) in [5, 5.41) is 1.06. The molecule has 0 spiro atoms. The van der Waals surface area contributed by atoms with E-state index >= 15 is 0 Å². The minimum Gasteiger partial charge on any atom is -0.487 e. The van der Waals surface area contributed by atoms with Gasteiger partial charge in [0.2, 0.25) is 0 Å². The predicted octanol–water partition coefficient (Wildman–Crippen LogP) is 11.8. The number of carbonyl (C=O) groups excluding carboxylic acids is 1. The monoisotopic (exact) mass is 634 g/mol. The zero-order chi connectivity index (χ0) is 30.4. The van der Waals surface area contributed by atoms with Crippen molar-refractivity contribution in [3.8, 4) is 11.5 Å². The van der Waals surface area contributed by atoms with Gasteiger partial charge in [-0.1, -0.05) is 108 Å². The molecule has 2 rings (SSSR count). The fourth-order valence-corrected chi connectivity index (χ4v) is 6.87. The van der Waals surface area contributed by atoms with Crippen molar-refractivity contribution in [3.63, 3.8) is 0 Å². The average Bonchev–Trinajstić information content (AvgIpc) is 2.91. The number of hydrogen-bond donors (Lipinski definition) is 0. The molecule has 0 radical (unpaired) electrons. The van der Waals surface area contributed by atoms with Gasteiger partial charge in [0.1, 0.15) is 17.1 Å². The van der Waals surface area contributed by atoms with Crippen LogP contribution in [0.3, 0.4) is 0 Å². The molecule has 0 N–H and O–H groups in total. The summed E-state index contributed by atoms with van der Waals surface area (Å²) in [6, 6.07) is 0. The third kappa shape index (κ3) is 12.6. The van der Waals surface area contributed by atoms with E-state index in [1.807, 2.05) is 0 Å². The molecule has 1 aromatic carbocycles. The second-order valence-electron chi connectivity index (χ2n) is 14.1. The highest BCUT2D eigenvalue weighted by molar-refractivity contribution is 9.09. The van der Waals surface area contributed by atoms with Crippen molar-refractivity contribution in [2.75, 3.05) is 5.33 Å². The highest BCUT2D eigenvalue weighted by Crippen LogP contribution is 2.45. The highest BCUT2D eigenvalue weighted by atomic mass is 79.9. The lowest BCUT2D eigenvalue weighted by atomic mass is 9.83. The van der Waals surface area contributed by atoms with Crippen molar-refractivity contribution < 1.29 is 14.3 Å². The third-order valence-electron chi connectivity index (χ3n) is 9.57. The second-order valence-corrected chi connectivity index (χ2v) is 14.9. The van der Waals surface area contributed by atoms with Crippen molar-refractivity contribution in [2.24, 2.45) is 17.8 Å². The number of benzene rings is 1. The Bertz CT molecular complexity index is 924. The molecular formula is C37H63BrO3. The van der Waals surface area contributed by atoms with Crippen LogP contribution in [-0.4, -0.2) is 16.9 Å². The first-order chi connectivity index (χ1) is 19.5. The van der Waals surface area contributed by atoms with Gasteiger partial charge in [-0.3, -0.25) is 4.79 Å². The van der Waals surface area contributed by atoms with Crippen molar-refractivity contribution in [3.05, 3.63) is 22.3 Å². The van der Waals surface area contributed by atoms with Crippen LogP contribution in [0.15, 0.2) is 0 Å². The fraction of sp³-hybridized carbons (Fsp3) is 0.811. The number of halogens is 1. The molecule has 1 heterocycles. The molecule has 1 aromatic rings. The Hall–Kier alpha value is -1.03. The zero-order valence-electron chi connectivity index (χ0n) is 28.1. The van der Waals surface area contributed by atoms with Gasteiger partial charge in [-0.15, -0.1) is 0 Å². The summed E-state index contributed by atoms with van der Waals surface area (Å²) < 4.78 is 12.8. The van der Waals surface area contributed by atoms with Crippen LogP contribution in [0.4, 0.5) is 0 Å². The SMILES string of the molecule is Cc1c(C)c2c(c(C)c1OC(=O)CCCCCCCBr)CCC(C)(CCCC(C)CCCC(C)CCCC(C)C)O2. The summed E-state index contributed by atoms with van der Waals surface area (Å²) in [4.78, 5) is 12.7. The number of carbonyl (C=O) groups is 1. The molecule has 41 heavy (non-hydrogen) atoms. The van der Waals surface area contributed by atoms with Crippen LogP contribution in [-0.2, 0) is 11.2 Å². The number of esters is 1. The topological polar surface area (TPSA) is 35.5 Å². The highest BCUT2D eigenvalue weighted by Gasteiger charge is 2.34. The standard InChI is InChI=1S/C37H63BrO3/c1-27(2)17-14-18-28(3)19-15-20-29(4)21-16-24-37(8)25-23-33-32(7)35(30(5)31(6)36(33)41-37)40-34(39)22-12-10-9-11-13-26-38/h27-29H,9-26H2,1-8H3. The first-order valence-electron chi connectivity index (χ1n) is 17.1. The number of ether oxygens (including phenoxy) is 2. The van der Waals surface area contributed by atoms with Crippen LogP contribution in [0, 0.1) is 38.5 Å². The molecular weight excluding hydrogens is 572 g/mol. The first kappa shape index (κ1) is 36.2. The van der Waals surface area contributed by atoms with Gasteiger partial charge in [-0.2, -0.15) is 0 Å². The maximum Gasteiger partial charge on any atom is 0.311 e. The molecule has 0 saturated heterocycles. The second kappa shape index (κ2) is 18.6. The Balaban J connectivity index is 1.83. The molecule has 0 aliphatic carbocycles. The summed E-state index contributed by atoms with van der Waals surface area (Å²) in [7, 11) is 0. The summed E-state index contributed by atoms with van der Waals surface area (Å²) >= 11 is 3.48. The van der Waals surface area contributed by atoms with Gasteiger partial charge in [-0.25, -0.2) is 0 Å². The van der Waals surface area contributed by atoms with Gasteiger partial charge in [0.15, 0.2) is 0 Å². The summed E-state index contributed by atoms with van der Waals surface area (Å²) in [5.41, 5.74) is 4.38. The van der Waals surface area contributed by atoms with E-state index in [1.165, 1.54) is 76.2 Å². The molecule has 0 fully saturated rings. The van der Waals surface area contributed by atoms with Gasteiger partial charge in [-0.05, 0) is 101 Å². The van der Waals surface area contributed by atoms with Crippen molar-refractivity contribution in [2.45, 2.75) is 170 Å². The Morgan fingerprint density at radius 3 is 2.02 bits per heavy atom. The van der Waals surface area contributed by atoms with E-state index in [0.717, 1.165) is 83.4 Å². The minimum atomic E-state index is -0.117. The van der Waals surface area contributed by atoms with E-state index in [0.29, 0.717) is 6.42 Å². The van der Waals surface area contributed by atoms with Crippen LogP contribution < -0.4 is 9.47 Å². The van der Waals surface area contributed by atoms with E-state index < -0.39 is 0 Å². The molecule has 3 atom stereocenters. The lowest BCUT2D eigenvalue weighted by molar-refractivity contribution is -0.134. The van der Waals surface area contributed by atoms with E-state index in [1.54, 1.807) is 0 Å².